The highest BCUT2D eigenvalue weighted by Crippen LogP contribution is 2.50. The molecule has 0 amide bonds. The molecule has 1 aliphatic rings. The van der Waals surface area contributed by atoms with Gasteiger partial charge in [0.2, 0.25) is 5.95 Å². The third kappa shape index (κ3) is 3.42. The number of nitrogens with zero attached hydrogens (tertiary/aromatic N) is 4. The van der Waals surface area contributed by atoms with Crippen LogP contribution in [0.1, 0.15) is 0 Å². The molecule has 1 aliphatic heterocycles. The molecular formula is C35H22N4. The van der Waals surface area contributed by atoms with Gasteiger partial charge in [0.25, 0.3) is 0 Å². The molecule has 0 radical (unpaired) electrons. The van der Waals surface area contributed by atoms with Crippen LogP contribution in [0.4, 0.5) is 17.3 Å². The molecule has 0 saturated heterocycles. The van der Waals surface area contributed by atoms with Crippen LogP contribution >= 0.6 is 0 Å². The Morgan fingerprint density at radius 1 is 0.513 bits per heavy atom. The first-order chi connectivity index (χ1) is 19.3. The molecule has 39 heavy (non-hydrogen) atoms. The molecule has 0 atom stereocenters. The summed E-state index contributed by atoms with van der Waals surface area (Å²) in [5.74, 6) is 0.659. The van der Waals surface area contributed by atoms with Crippen molar-refractivity contribution in [2.45, 2.75) is 0 Å². The number of anilines is 3. The largest absolute Gasteiger partial charge is 0.278 e. The predicted octanol–water partition coefficient (Wildman–Crippen LogP) is 8.96. The highest BCUT2D eigenvalue weighted by Gasteiger charge is 2.28. The van der Waals surface area contributed by atoms with Crippen molar-refractivity contribution in [1.29, 1.82) is 0 Å². The van der Waals surface area contributed by atoms with Gasteiger partial charge in [0.15, 0.2) is 0 Å². The fourth-order valence-corrected chi connectivity index (χ4v) is 5.69. The number of rotatable bonds is 3. The van der Waals surface area contributed by atoms with E-state index in [1.165, 1.54) is 21.9 Å². The summed E-state index contributed by atoms with van der Waals surface area (Å²) in [7, 11) is 0. The fraction of sp³-hybridized carbons (Fsp3) is 0. The second-order valence-electron chi connectivity index (χ2n) is 9.72. The minimum Gasteiger partial charge on any atom is -0.278 e. The van der Waals surface area contributed by atoms with Crippen LogP contribution in [-0.2, 0) is 0 Å². The summed E-state index contributed by atoms with van der Waals surface area (Å²) in [6, 6.07) is 44.2. The van der Waals surface area contributed by atoms with Gasteiger partial charge in [-0.05, 0) is 41.3 Å². The maximum absolute atomic E-state index is 5.26. The summed E-state index contributed by atoms with van der Waals surface area (Å²) >= 11 is 0. The van der Waals surface area contributed by atoms with E-state index in [0.29, 0.717) is 5.95 Å². The van der Waals surface area contributed by atoms with E-state index in [1.807, 2.05) is 36.5 Å². The molecule has 0 aliphatic carbocycles. The zero-order valence-electron chi connectivity index (χ0n) is 21.0. The molecule has 8 rings (SSSR count). The van der Waals surface area contributed by atoms with Gasteiger partial charge in [-0.15, -0.1) is 0 Å². The Bertz CT molecular complexity index is 2010. The third-order valence-corrected chi connectivity index (χ3v) is 7.47. The Hall–Kier alpha value is -5.35. The summed E-state index contributed by atoms with van der Waals surface area (Å²) in [6.45, 7) is 0. The van der Waals surface area contributed by atoms with Gasteiger partial charge >= 0.3 is 0 Å². The maximum Gasteiger partial charge on any atom is 0.235 e. The Balaban J connectivity index is 1.36. The standard InChI is InChI=1S/C35H22N4/c1-3-15-30-28(12-1)34(25-20-18-23(19-21-25)29-14-5-6-22-36-29)38-35(37-30)39-31-16-4-2-11-26(31)27-13-7-9-24-10-8-17-32(39)33(24)27/h1-22H. The molecule has 0 unspecified atom stereocenters. The molecule has 0 bridgehead atoms. The van der Waals surface area contributed by atoms with Crippen LogP contribution in [0.3, 0.4) is 0 Å². The van der Waals surface area contributed by atoms with Crippen molar-refractivity contribution in [2.24, 2.45) is 0 Å². The van der Waals surface area contributed by atoms with E-state index >= 15 is 0 Å². The lowest BCUT2D eigenvalue weighted by Crippen LogP contribution is -2.18. The van der Waals surface area contributed by atoms with Gasteiger partial charge in [-0.1, -0.05) is 97.1 Å². The van der Waals surface area contributed by atoms with E-state index in [4.69, 9.17) is 9.97 Å². The van der Waals surface area contributed by atoms with Crippen molar-refractivity contribution in [1.82, 2.24) is 15.0 Å². The molecule has 0 saturated carbocycles. The molecule has 2 aromatic heterocycles. The van der Waals surface area contributed by atoms with Crippen LogP contribution in [0.25, 0.3) is 55.3 Å². The lowest BCUT2D eigenvalue weighted by Gasteiger charge is -2.32. The maximum atomic E-state index is 5.26. The Morgan fingerprint density at radius 2 is 1.23 bits per heavy atom. The van der Waals surface area contributed by atoms with E-state index < -0.39 is 0 Å². The van der Waals surface area contributed by atoms with Crippen molar-refractivity contribution in [2.75, 3.05) is 4.90 Å². The quantitative estimate of drug-likeness (QED) is 0.244. The summed E-state index contributed by atoms with van der Waals surface area (Å²) in [5, 5.41) is 3.45. The fourth-order valence-electron chi connectivity index (χ4n) is 5.69. The first-order valence-electron chi connectivity index (χ1n) is 13.0. The Morgan fingerprint density at radius 3 is 2.10 bits per heavy atom. The highest BCUT2D eigenvalue weighted by atomic mass is 15.3. The normalized spacial score (nSPS) is 12.1. The number of fused-ring (bicyclic) bond motifs is 3. The van der Waals surface area contributed by atoms with Crippen molar-refractivity contribution in [3.63, 3.8) is 0 Å². The van der Waals surface area contributed by atoms with Crippen molar-refractivity contribution in [3.05, 3.63) is 134 Å². The van der Waals surface area contributed by atoms with Crippen LogP contribution in [0.5, 0.6) is 0 Å². The highest BCUT2D eigenvalue weighted by molar-refractivity contribution is 6.13. The van der Waals surface area contributed by atoms with E-state index in [-0.39, 0.29) is 0 Å². The summed E-state index contributed by atoms with van der Waals surface area (Å²) in [4.78, 5) is 17.1. The molecule has 182 valence electrons. The number of hydrogen-bond donors (Lipinski definition) is 0. The summed E-state index contributed by atoms with van der Waals surface area (Å²) < 4.78 is 0. The second kappa shape index (κ2) is 8.61. The molecule has 3 heterocycles. The molecule has 0 fully saturated rings. The molecule has 7 aromatic rings. The van der Waals surface area contributed by atoms with Gasteiger partial charge < -0.3 is 0 Å². The topological polar surface area (TPSA) is 41.9 Å². The lowest BCUT2D eigenvalue weighted by atomic mass is 9.91. The lowest BCUT2D eigenvalue weighted by molar-refractivity contribution is 1.11. The van der Waals surface area contributed by atoms with E-state index in [1.54, 1.807) is 0 Å². The number of benzene rings is 5. The van der Waals surface area contributed by atoms with Gasteiger partial charge in [0.1, 0.15) is 0 Å². The van der Waals surface area contributed by atoms with Crippen LogP contribution < -0.4 is 4.90 Å². The van der Waals surface area contributed by atoms with Crippen LogP contribution in [-0.4, -0.2) is 15.0 Å². The molecule has 0 N–H and O–H groups in total. The molecule has 5 aromatic carbocycles. The Labute approximate surface area is 225 Å². The monoisotopic (exact) mass is 498 g/mol. The minimum atomic E-state index is 0.659. The van der Waals surface area contributed by atoms with Gasteiger partial charge in [-0.2, -0.15) is 0 Å². The summed E-state index contributed by atoms with van der Waals surface area (Å²) in [6.07, 6.45) is 1.82. The zero-order chi connectivity index (χ0) is 25.8. The SMILES string of the molecule is c1ccc(-c2ccc(-c3nc(N4c5ccccc5-c5cccc6cccc4c56)nc4ccccc34)cc2)nc1. The Kier molecular flexibility index (Phi) is 4.79. The van der Waals surface area contributed by atoms with Crippen molar-refractivity contribution in [3.8, 4) is 33.6 Å². The molecule has 0 spiro atoms. The first-order valence-corrected chi connectivity index (χ1v) is 13.0. The van der Waals surface area contributed by atoms with Crippen molar-refractivity contribution >= 4 is 39.0 Å². The van der Waals surface area contributed by atoms with E-state index in [2.05, 4.69) is 107 Å². The first kappa shape index (κ1) is 21.7. The van der Waals surface area contributed by atoms with Gasteiger partial charge in [-0.3, -0.25) is 9.88 Å². The number of aromatic nitrogens is 3. The molecule has 4 nitrogen and oxygen atoms in total. The number of para-hydroxylation sites is 2. The average Bonchev–Trinajstić information content (AvgIpc) is 3.01. The predicted molar refractivity (Wildman–Crippen MR) is 159 cm³/mol. The number of hydrogen-bond acceptors (Lipinski definition) is 4. The van der Waals surface area contributed by atoms with Crippen LogP contribution in [0.2, 0.25) is 0 Å². The number of pyridine rings is 1. The van der Waals surface area contributed by atoms with Crippen molar-refractivity contribution < 1.29 is 0 Å². The molecule has 4 heteroatoms. The van der Waals surface area contributed by atoms with E-state index in [9.17, 15) is 0 Å². The van der Waals surface area contributed by atoms with Gasteiger partial charge in [0, 0.05) is 33.7 Å². The van der Waals surface area contributed by atoms with Crippen LogP contribution in [0, 0.1) is 0 Å². The third-order valence-electron chi connectivity index (χ3n) is 7.47. The molecular weight excluding hydrogens is 476 g/mol. The second-order valence-corrected chi connectivity index (χ2v) is 9.72. The van der Waals surface area contributed by atoms with Crippen LogP contribution in [0.15, 0.2) is 134 Å². The minimum absolute atomic E-state index is 0.659. The van der Waals surface area contributed by atoms with Gasteiger partial charge in [-0.25, -0.2) is 9.97 Å². The van der Waals surface area contributed by atoms with E-state index in [0.717, 1.165) is 44.8 Å². The smallest absolute Gasteiger partial charge is 0.235 e. The summed E-state index contributed by atoms with van der Waals surface area (Å²) in [5.41, 5.74) is 9.48. The van der Waals surface area contributed by atoms with Gasteiger partial charge in [0.05, 0.1) is 28.3 Å². The average molecular weight is 499 g/mol. The zero-order valence-corrected chi connectivity index (χ0v) is 21.0.